The minimum atomic E-state index is -0.967. The van der Waals surface area contributed by atoms with Crippen molar-refractivity contribution in [1.29, 1.82) is 0 Å². The van der Waals surface area contributed by atoms with Crippen LogP contribution in [-0.4, -0.2) is 180 Å². The van der Waals surface area contributed by atoms with Crippen LogP contribution in [0, 0.1) is 41.4 Å². The molecule has 1 aliphatic rings. The summed E-state index contributed by atoms with van der Waals surface area (Å²) in [7, 11) is 13.5. The number of aliphatic hydroxyl groups is 2. The van der Waals surface area contributed by atoms with Crippen LogP contribution in [0.2, 0.25) is 0 Å². The first-order valence-electron chi connectivity index (χ1n) is 26.8. The summed E-state index contributed by atoms with van der Waals surface area (Å²) in [5, 5.41) is 23.7. The van der Waals surface area contributed by atoms with E-state index in [1.165, 1.54) is 25.0 Å². The number of likely N-dealkylation sites (N-methyl/N-ethyl adjacent to an activating group) is 2. The molecule has 0 saturated carbocycles. The van der Waals surface area contributed by atoms with E-state index in [9.17, 15) is 34.2 Å². The van der Waals surface area contributed by atoms with Gasteiger partial charge in [0.15, 0.2) is 0 Å². The number of esters is 4. The van der Waals surface area contributed by atoms with Crippen molar-refractivity contribution in [3.05, 3.63) is 60.4 Å². The second kappa shape index (κ2) is 36.7. The zero-order valence-electron chi connectivity index (χ0n) is 48.7. The van der Waals surface area contributed by atoms with Crippen LogP contribution in [0.15, 0.2) is 60.4 Å². The largest absolute Gasteiger partial charge is 0.462 e. The Kier molecular flexibility index (Phi) is 33.7. The molecule has 0 fully saturated rings. The van der Waals surface area contributed by atoms with Crippen LogP contribution in [-0.2, 0) is 57.1 Å². The zero-order valence-corrected chi connectivity index (χ0v) is 48.7. The molecule has 0 saturated heterocycles. The lowest BCUT2D eigenvalue weighted by Crippen LogP contribution is -2.44. The molecule has 16 atom stereocenters. The monoisotopic (exact) mass is 1060 g/mol. The van der Waals surface area contributed by atoms with Crippen molar-refractivity contribution in [1.82, 2.24) is 14.7 Å². The van der Waals surface area contributed by atoms with Crippen molar-refractivity contribution in [2.24, 2.45) is 41.4 Å². The highest BCUT2D eigenvalue weighted by molar-refractivity contribution is 5.82. The third-order valence-corrected chi connectivity index (χ3v) is 14.5. The van der Waals surface area contributed by atoms with Gasteiger partial charge in [0.2, 0.25) is 6.41 Å². The van der Waals surface area contributed by atoms with E-state index in [1.807, 2.05) is 53.7 Å². The van der Waals surface area contributed by atoms with Gasteiger partial charge in [0.25, 0.3) is 0 Å². The number of carbonyl (C=O) groups is 5. The first kappa shape index (κ1) is 68.8. The van der Waals surface area contributed by atoms with Crippen molar-refractivity contribution in [2.75, 3.05) is 69.7 Å². The summed E-state index contributed by atoms with van der Waals surface area (Å²) in [5.74, 6) is -4.18. The number of hydrogen-bond donors (Lipinski definition) is 2. The van der Waals surface area contributed by atoms with Gasteiger partial charge in [-0.25, -0.2) is 4.79 Å². The summed E-state index contributed by atoms with van der Waals surface area (Å²) in [4.78, 5) is 68.8. The van der Waals surface area contributed by atoms with Gasteiger partial charge >= 0.3 is 23.9 Å². The maximum atomic E-state index is 13.6. The molecule has 2 N–H and O–H groups in total. The van der Waals surface area contributed by atoms with E-state index in [0.29, 0.717) is 32.1 Å². The van der Waals surface area contributed by atoms with Crippen molar-refractivity contribution in [2.45, 2.75) is 169 Å². The van der Waals surface area contributed by atoms with Crippen LogP contribution in [0.4, 0.5) is 0 Å². The Morgan fingerprint density at radius 2 is 1.59 bits per heavy atom. The molecule has 0 radical (unpaired) electrons. The van der Waals surface area contributed by atoms with Gasteiger partial charge in [-0.05, 0) is 97.0 Å². The molecule has 0 bridgehead atoms. The summed E-state index contributed by atoms with van der Waals surface area (Å²) in [6.45, 7) is 17.0. The normalized spacial score (nSPS) is 26.4. The number of nitrogens with zero attached hydrogens (tertiary/aromatic N) is 3. The average molecular weight is 1060 g/mol. The number of aliphatic hydroxyl groups excluding tert-OH is 2. The summed E-state index contributed by atoms with van der Waals surface area (Å²) < 4.78 is 41.3. The molecule has 16 unspecified atom stereocenters. The van der Waals surface area contributed by atoms with Gasteiger partial charge in [0.1, 0.15) is 30.5 Å². The van der Waals surface area contributed by atoms with E-state index in [-0.39, 0.29) is 61.9 Å². The van der Waals surface area contributed by atoms with Crippen molar-refractivity contribution in [3.63, 3.8) is 0 Å². The van der Waals surface area contributed by atoms with Gasteiger partial charge in [-0.1, -0.05) is 91.0 Å². The molecule has 1 aliphatic heterocycles. The Morgan fingerprint density at radius 3 is 2.17 bits per heavy atom. The second-order valence-electron chi connectivity index (χ2n) is 21.6. The van der Waals surface area contributed by atoms with Gasteiger partial charge in [0.05, 0.1) is 37.6 Å². The van der Waals surface area contributed by atoms with Crippen LogP contribution < -0.4 is 0 Å². The first-order valence-corrected chi connectivity index (χ1v) is 26.8. The fourth-order valence-corrected chi connectivity index (χ4v) is 9.39. The highest BCUT2D eigenvalue weighted by Gasteiger charge is 2.37. The molecule has 0 aromatic heterocycles. The van der Waals surface area contributed by atoms with E-state index in [0.717, 1.165) is 18.4 Å². The predicted octanol–water partition coefficient (Wildman–Crippen LogP) is 7.35. The van der Waals surface area contributed by atoms with E-state index in [2.05, 4.69) is 19.9 Å². The average Bonchev–Trinajstić information content (AvgIpc) is 3.36. The van der Waals surface area contributed by atoms with Gasteiger partial charge < -0.3 is 48.3 Å². The Hall–Kier alpha value is -4.23. The Bertz CT molecular complexity index is 1830. The fourth-order valence-electron chi connectivity index (χ4n) is 9.39. The van der Waals surface area contributed by atoms with Crippen LogP contribution in [0.3, 0.4) is 0 Å². The van der Waals surface area contributed by atoms with Crippen molar-refractivity contribution < 1.29 is 67.3 Å². The van der Waals surface area contributed by atoms with Gasteiger partial charge in [-0.15, -0.1) is 0 Å². The molecule has 0 aromatic carbocycles. The molecule has 0 spiro atoms. The Labute approximate surface area is 451 Å². The number of carbonyl (C=O) groups excluding carboxylic acids is 5. The number of cyclic esters (lactones) is 1. The van der Waals surface area contributed by atoms with E-state index >= 15 is 0 Å². The SMILES string of the molecule is COCC(C(=O)OC1CC=CC=CC(=O)OC(C(C)C(O)C(C)CCC(OC(=O)CN(C)C)C(C)C(OC(C)=O)C(C)C=CN(C)C=O)CC=CC(OC)CC(C)CC=C(C)C(OC)CCC(C)C(O)C1C)N(C)C. The maximum Gasteiger partial charge on any atom is 0.331 e. The molecule has 1 rings (SSSR count). The van der Waals surface area contributed by atoms with Crippen LogP contribution in [0.5, 0.6) is 0 Å². The number of amides is 1. The lowest BCUT2D eigenvalue weighted by molar-refractivity contribution is -0.164. The summed E-state index contributed by atoms with van der Waals surface area (Å²) in [6.07, 6.45) is 15.5. The minimum absolute atomic E-state index is 0.0286. The molecule has 0 aliphatic carbocycles. The van der Waals surface area contributed by atoms with Gasteiger partial charge in [-0.2, -0.15) is 0 Å². The van der Waals surface area contributed by atoms with E-state index < -0.39 is 84.3 Å². The highest BCUT2D eigenvalue weighted by Crippen LogP contribution is 2.32. The van der Waals surface area contributed by atoms with E-state index in [4.69, 9.17) is 33.2 Å². The number of methoxy groups -OCH3 is 3. The molecular weight excluding hydrogens is 963 g/mol. The third-order valence-electron chi connectivity index (χ3n) is 14.5. The Balaban J connectivity index is 3.67. The topological polar surface area (TPSA) is 200 Å². The van der Waals surface area contributed by atoms with Crippen LogP contribution in [0.25, 0.3) is 0 Å². The molecule has 17 heteroatoms. The third kappa shape index (κ3) is 26.1. The summed E-state index contributed by atoms with van der Waals surface area (Å²) in [6, 6.07) is -0.657. The quantitative estimate of drug-likeness (QED) is 0.0445. The van der Waals surface area contributed by atoms with Crippen LogP contribution in [0.1, 0.15) is 114 Å². The fraction of sp³-hybridized carbons (Fsp3) is 0.741. The highest BCUT2D eigenvalue weighted by atomic mass is 16.6. The van der Waals surface area contributed by atoms with Gasteiger partial charge in [-0.3, -0.25) is 29.0 Å². The Morgan fingerprint density at radius 1 is 0.907 bits per heavy atom. The number of ether oxygens (including phenoxy) is 7. The minimum Gasteiger partial charge on any atom is -0.462 e. The lowest BCUT2D eigenvalue weighted by atomic mass is 9.82. The summed E-state index contributed by atoms with van der Waals surface area (Å²) >= 11 is 0. The molecule has 75 heavy (non-hydrogen) atoms. The maximum absolute atomic E-state index is 13.6. The smallest absolute Gasteiger partial charge is 0.331 e. The number of rotatable bonds is 23. The lowest BCUT2D eigenvalue weighted by Gasteiger charge is -2.35. The first-order chi connectivity index (χ1) is 35.3. The second-order valence-corrected chi connectivity index (χ2v) is 21.6. The molecular formula is C58H99N3O14. The number of hydrogen-bond acceptors (Lipinski definition) is 16. The van der Waals surface area contributed by atoms with E-state index in [1.54, 1.807) is 89.8 Å². The molecule has 0 aromatic rings. The van der Waals surface area contributed by atoms with Crippen LogP contribution >= 0.6 is 0 Å². The standard InChI is InChI=1S/C58H99N3O14/c1-38-26-27-39(2)49(71-17)30-28-40(3)56(67)44(7)51(75-58(68)48(36-69-15)60(12)13)23-19-18-20-25-53(64)73-50(24-21-22-47(34-38)70-16)43(6)55(66)41(4)29-31-52(74-54(65)35-59(10)11)45(8)57(72-46(9)63)42(5)32-33-61(14)37-62/h18-22,25,27,32-33,37-38,40-45,47-52,55-57,66-67H,23-24,26,28-31,34-36H2,1-17H3. The predicted molar refractivity (Wildman–Crippen MR) is 292 cm³/mol. The molecule has 17 nitrogen and oxygen atoms in total. The zero-order chi connectivity index (χ0) is 56.9. The molecule has 1 amide bonds. The van der Waals surface area contributed by atoms with Crippen molar-refractivity contribution >= 4 is 30.3 Å². The van der Waals surface area contributed by atoms with Gasteiger partial charge in [0, 0.05) is 84.1 Å². The number of allylic oxidation sites excluding steroid dienone is 3. The molecule has 1 heterocycles. The molecule has 430 valence electrons. The van der Waals surface area contributed by atoms with Crippen molar-refractivity contribution in [3.8, 4) is 0 Å². The summed E-state index contributed by atoms with van der Waals surface area (Å²) in [5.41, 5.74) is 1.10.